The van der Waals surface area contributed by atoms with Gasteiger partial charge in [-0.05, 0) is 30.3 Å². The summed E-state index contributed by atoms with van der Waals surface area (Å²) in [7, 11) is 0. The molecule has 0 spiro atoms. The number of fused-ring (bicyclic) bond motifs is 2. The lowest BCUT2D eigenvalue weighted by molar-refractivity contribution is 0.102. The molecule has 0 aliphatic heterocycles. The first-order chi connectivity index (χ1) is 10.3. The molecule has 3 heterocycles. The van der Waals surface area contributed by atoms with Crippen LogP contribution in [-0.4, -0.2) is 25.8 Å². The molecule has 1 aromatic carbocycles. The number of pyridine rings is 1. The van der Waals surface area contributed by atoms with Gasteiger partial charge in [-0.2, -0.15) is 0 Å². The van der Waals surface area contributed by atoms with Crippen LogP contribution < -0.4 is 5.32 Å². The molecule has 0 aliphatic carbocycles. The van der Waals surface area contributed by atoms with E-state index in [4.69, 9.17) is 0 Å². The van der Waals surface area contributed by atoms with E-state index in [0.29, 0.717) is 11.2 Å². The van der Waals surface area contributed by atoms with E-state index in [2.05, 4.69) is 25.3 Å². The minimum absolute atomic E-state index is 0.173. The van der Waals surface area contributed by atoms with Crippen LogP contribution in [0.2, 0.25) is 0 Å². The highest BCUT2D eigenvalue weighted by Gasteiger charge is 2.12. The van der Waals surface area contributed by atoms with Crippen LogP contribution in [0.3, 0.4) is 0 Å². The van der Waals surface area contributed by atoms with Crippen molar-refractivity contribution in [2.45, 2.75) is 0 Å². The smallest absolute Gasteiger partial charge is 0.257 e. The first kappa shape index (κ1) is 11.7. The van der Waals surface area contributed by atoms with Crippen LogP contribution in [0.1, 0.15) is 10.4 Å². The Bertz CT molecular complexity index is 953. The second-order valence-electron chi connectivity index (χ2n) is 4.69. The molecule has 0 unspecified atom stereocenters. The zero-order chi connectivity index (χ0) is 14.2. The summed E-state index contributed by atoms with van der Waals surface area (Å²) in [5.41, 5.74) is 3.74. The minimum atomic E-state index is -0.173. The highest BCUT2D eigenvalue weighted by atomic mass is 16.1. The molecule has 6 heteroatoms. The van der Waals surface area contributed by atoms with Gasteiger partial charge in [0.15, 0.2) is 0 Å². The highest BCUT2D eigenvalue weighted by molar-refractivity contribution is 6.12. The van der Waals surface area contributed by atoms with Gasteiger partial charge < -0.3 is 15.3 Å². The summed E-state index contributed by atoms with van der Waals surface area (Å²) in [5, 5.41) is 3.69. The predicted molar refractivity (Wildman–Crippen MR) is 80.1 cm³/mol. The third-order valence-corrected chi connectivity index (χ3v) is 3.37. The molecule has 21 heavy (non-hydrogen) atoms. The minimum Gasteiger partial charge on any atom is -0.345 e. The SMILES string of the molecule is O=C(Nc1ccc2nc[nH]c2c1)c1c[nH]c2ncccc12. The molecule has 0 bridgehead atoms. The monoisotopic (exact) mass is 277 g/mol. The van der Waals surface area contributed by atoms with Gasteiger partial charge in [-0.1, -0.05) is 0 Å². The Morgan fingerprint density at radius 2 is 2.10 bits per heavy atom. The van der Waals surface area contributed by atoms with E-state index in [1.54, 1.807) is 18.7 Å². The van der Waals surface area contributed by atoms with E-state index in [1.165, 1.54) is 0 Å². The largest absolute Gasteiger partial charge is 0.345 e. The summed E-state index contributed by atoms with van der Waals surface area (Å²) in [6.07, 6.45) is 4.98. The Labute approximate surface area is 119 Å². The van der Waals surface area contributed by atoms with Crippen LogP contribution in [0.5, 0.6) is 0 Å². The van der Waals surface area contributed by atoms with E-state index >= 15 is 0 Å². The second-order valence-corrected chi connectivity index (χ2v) is 4.69. The number of benzene rings is 1. The number of nitrogens with one attached hydrogen (secondary N) is 3. The van der Waals surface area contributed by atoms with E-state index in [9.17, 15) is 4.79 Å². The van der Waals surface area contributed by atoms with Crippen molar-refractivity contribution in [2.24, 2.45) is 0 Å². The fourth-order valence-electron chi connectivity index (χ4n) is 2.36. The molecule has 4 rings (SSSR count). The van der Waals surface area contributed by atoms with Gasteiger partial charge in [-0.25, -0.2) is 9.97 Å². The van der Waals surface area contributed by atoms with Crippen LogP contribution in [0.25, 0.3) is 22.1 Å². The van der Waals surface area contributed by atoms with Crippen LogP contribution in [-0.2, 0) is 0 Å². The number of aromatic amines is 2. The van der Waals surface area contributed by atoms with Crippen molar-refractivity contribution in [1.82, 2.24) is 19.9 Å². The molecule has 3 aromatic heterocycles. The number of carbonyl (C=O) groups excluding carboxylic acids is 1. The average molecular weight is 277 g/mol. The Hall–Kier alpha value is -3.15. The zero-order valence-electron chi connectivity index (χ0n) is 10.9. The number of nitrogens with zero attached hydrogens (tertiary/aromatic N) is 2. The molecule has 102 valence electrons. The molecule has 0 radical (unpaired) electrons. The van der Waals surface area contributed by atoms with E-state index in [-0.39, 0.29) is 5.91 Å². The van der Waals surface area contributed by atoms with Crippen LogP contribution >= 0.6 is 0 Å². The predicted octanol–water partition coefficient (Wildman–Crippen LogP) is 2.69. The maximum absolute atomic E-state index is 12.4. The first-order valence-corrected chi connectivity index (χ1v) is 6.48. The standard InChI is InChI=1S/C15H11N5O/c21-15(11-7-17-14-10(11)2-1-5-16-14)20-9-3-4-12-13(6-9)19-8-18-12/h1-8H,(H,16,17)(H,18,19)(H,20,21). The summed E-state index contributed by atoms with van der Waals surface area (Å²) in [6, 6.07) is 9.22. The number of aromatic nitrogens is 4. The molecule has 3 N–H and O–H groups in total. The van der Waals surface area contributed by atoms with Crippen molar-refractivity contribution in [3.63, 3.8) is 0 Å². The fourth-order valence-corrected chi connectivity index (χ4v) is 2.36. The third kappa shape index (κ3) is 1.93. The van der Waals surface area contributed by atoms with Crippen molar-refractivity contribution in [1.29, 1.82) is 0 Å². The molecule has 1 amide bonds. The summed E-state index contributed by atoms with van der Waals surface area (Å²) in [5.74, 6) is -0.173. The molecule has 0 saturated carbocycles. The Balaban J connectivity index is 1.68. The van der Waals surface area contributed by atoms with E-state index < -0.39 is 0 Å². The lowest BCUT2D eigenvalue weighted by Crippen LogP contribution is -2.11. The van der Waals surface area contributed by atoms with E-state index in [0.717, 1.165) is 22.1 Å². The van der Waals surface area contributed by atoms with Gasteiger partial charge in [0.05, 0.1) is 22.9 Å². The summed E-state index contributed by atoms with van der Waals surface area (Å²) in [4.78, 5) is 26.7. The van der Waals surface area contributed by atoms with Crippen LogP contribution in [0.15, 0.2) is 49.1 Å². The third-order valence-electron chi connectivity index (χ3n) is 3.37. The van der Waals surface area contributed by atoms with Crippen molar-refractivity contribution >= 4 is 33.7 Å². The summed E-state index contributed by atoms with van der Waals surface area (Å²) in [6.45, 7) is 0. The topological polar surface area (TPSA) is 86.5 Å². The van der Waals surface area contributed by atoms with Crippen molar-refractivity contribution in [3.8, 4) is 0 Å². The van der Waals surface area contributed by atoms with Crippen molar-refractivity contribution < 1.29 is 4.79 Å². The fraction of sp³-hybridized carbons (Fsp3) is 0. The van der Waals surface area contributed by atoms with Crippen molar-refractivity contribution in [3.05, 3.63) is 54.6 Å². The summed E-state index contributed by atoms with van der Waals surface area (Å²) >= 11 is 0. The maximum Gasteiger partial charge on any atom is 0.257 e. The Morgan fingerprint density at radius 3 is 3.05 bits per heavy atom. The Kier molecular flexibility index (Phi) is 2.47. The second kappa shape index (κ2) is 4.45. The number of imidazole rings is 1. The average Bonchev–Trinajstić information content (AvgIpc) is 3.13. The zero-order valence-corrected chi connectivity index (χ0v) is 10.9. The van der Waals surface area contributed by atoms with Crippen molar-refractivity contribution in [2.75, 3.05) is 5.32 Å². The molecule has 6 nitrogen and oxygen atoms in total. The number of rotatable bonds is 2. The van der Waals surface area contributed by atoms with Gasteiger partial charge >= 0.3 is 0 Å². The number of hydrogen-bond donors (Lipinski definition) is 3. The normalized spacial score (nSPS) is 11.0. The molecular formula is C15H11N5O. The first-order valence-electron chi connectivity index (χ1n) is 6.48. The van der Waals surface area contributed by atoms with Gasteiger partial charge in [0, 0.05) is 23.5 Å². The molecule has 4 aromatic rings. The molecule has 0 fully saturated rings. The van der Waals surface area contributed by atoms with Gasteiger partial charge in [0.25, 0.3) is 5.91 Å². The molecule has 0 aliphatic rings. The lowest BCUT2D eigenvalue weighted by Gasteiger charge is -2.04. The van der Waals surface area contributed by atoms with Gasteiger partial charge in [-0.3, -0.25) is 4.79 Å². The highest BCUT2D eigenvalue weighted by Crippen LogP contribution is 2.19. The number of anilines is 1. The molecular weight excluding hydrogens is 266 g/mol. The van der Waals surface area contributed by atoms with Gasteiger partial charge in [-0.15, -0.1) is 0 Å². The number of H-pyrrole nitrogens is 2. The summed E-state index contributed by atoms with van der Waals surface area (Å²) < 4.78 is 0. The van der Waals surface area contributed by atoms with Crippen LogP contribution in [0.4, 0.5) is 5.69 Å². The van der Waals surface area contributed by atoms with E-state index in [1.807, 2.05) is 30.3 Å². The lowest BCUT2D eigenvalue weighted by atomic mass is 10.2. The number of carbonyl (C=O) groups is 1. The molecule has 0 atom stereocenters. The maximum atomic E-state index is 12.4. The van der Waals surface area contributed by atoms with Gasteiger partial charge in [0.2, 0.25) is 0 Å². The number of hydrogen-bond acceptors (Lipinski definition) is 3. The molecule has 0 saturated heterocycles. The van der Waals surface area contributed by atoms with Crippen LogP contribution in [0, 0.1) is 0 Å². The quantitative estimate of drug-likeness (QED) is 0.526. The number of amides is 1. The Morgan fingerprint density at radius 1 is 1.14 bits per heavy atom. The van der Waals surface area contributed by atoms with Gasteiger partial charge in [0.1, 0.15) is 5.65 Å².